The summed E-state index contributed by atoms with van der Waals surface area (Å²) in [5, 5.41) is 0. The molecule has 2 saturated heterocycles. The van der Waals surface area contributed by atoms with E-state index >= 15 is 0 Å². The van der Waals surface area contributed by atoms with Gasteiger partial charge in [-0.25, -0.2) is 16.8 Å². The Morgan fingerprint density at radius 1 is 0.757 bits per heavy atom. The average molecular weight is 551 g/mol. The molecule has 0 unspecified atom stereocenters. The summed E-state index contributed by atoms with van der Waals surface area (Å²) >= 11 is 0. The van der Waals surface area contributed by atoms with Crippen LogP contribution < -0.4 is 9.64 Å². The van der Waals surface area contributed by atoms with Crippen LogP contribution in [-0.4, -0.2) is 96.4 Å². The molecule has 0 aliphatic carbocycles. The highest BCUT2D eigenvalue weighted by molar-refractivity contribution is 7.89. The maximum atomic E-state index is 13.5. The zero-order chi connectivity index (χ0) is 27.0. The smallest absolute Gasteiger partial charge is 0.243 e. The molecule has 2 aliphatic rings. The van der Waals surface area contributed by atoms with Gasteiger partial charge in [0.25, 0.3) is 0 Å². The van der Waals surface area contributed by atoms with Gasteiger partial charge in [-0.1, -0.05) is 24.6 Å². The minimum absolute atomic E-state index is 0.231. The Kier molecular flexibility index (Phi) is 8.20. The fourth-order valence-corrected chi connectivity index (χ4v) is 8.66. The fraction of sp³-hybridized carbons (Fsp3) is 0.538. The number of ether oxygens (including phenoxy) is 1. The second-order valence-corrected chi connectivity index (χ2v) is 13.6. The van der Waals surface area contributed by atoms with E-state index in [4.69, 9.17) is 4.74 Å². The van der Waals surface area contributed by atoms with E-state index in [-0.39, 0.29) is 4.90 Å². The summed E-state index contributed by atoms with van der Waals surface area (Å²) in [6.07, 6.45) is 0. The maximum absolute atomic E-state index is 13.5. The molecule has 0 radical (unpaired) electrons. The normalized spacial score (nSPS) is 18.8. The first-order valence-electron chi connectivity index (χ1n) is 12.7. The van der Waals surface area contributed by atoms with Crippen molar-refractivity contribution in [3.63, 3.8) is 0 Å². The van der Waals surface area contributed by atoms with Gasteiger partial charge in [-0.05, 0) is 56.6 Å². The van der Waals surface area contributed by atoms with Crippen LogP contribution in [0.1, 0.15) is 23.6 Å². The van der Waals surface area contributed by atoms with Crippen molar-refractivity contribution in [3.8, 4) is 5.75 Å². The molecule has 37 heavy (non-hydrogen) atoms. The van der Waals surface area contributed by atoms with Crippen molar-refractivity contribution in [1.29, 1.82) is 0 Å². The SMILES string of the molecule is CCN1CCN(S(=O)(=O)c2ccc(OC)c(N3CCN(S(=O)(=O)c4c(C)cc(C)cc4C)CC3)c2)CC1. The number of sulfonamides is 2. The predicted octanol–water partition coefficient (Wildman–Crippen LogP) is 2.46. The minimum atomic E-state index is -3.65. The molecule has 11 heteroatoms. The highest BCUT2D eigenvalue weighted by atomic mass is 32.2. The molecule has 9 nitrogen and oxygen atoms in total. The van der Waals surface area contributed by atoms with Gasteiger partial charge in [-0.3, -0.25) is 0 Å². The number of anilines is 1. The van der Waals surface area contributed by atoms with Crippen LogP contribution in [-0.2, 0) is 20.0 Å². The predicted molar refractivity (Wildman–Crippen MR) is 145 cm³/mol. The number of nitrogens with zero attached hydrogens (tertiary/aromatic N) is 4. The van der Waals surface area contributed by atoms with Crippen LogP contribution in [0.15, 0.2) is 40.1 Å². The first-order valence-corrected chi connectivity index (χ1v) is 15.6. The van der Waals surface area contributed by atoms with Gasteiger partial charge in [0, 0.05) is 52.4 Å². The number of likely N-dealkylation sites (N-methyl/N-ethyl adjacent to an activating group) is 1. The fourth-order valence-electron chi connectivity index (χ4n) is 5.38. The summed E-state index contributed by atoms with van der Waals surface area (Å²) in [5.41, 5.74) is 3.20. The lowest BCUT2D eigenvalue weighted by Gasteiger charge is -2.37. The Morgan fingerprint density at radius 2 is 1.30 bits per heavy atom. The van der Waals surface area contributed by atoms with Crippen LogP contribution in [0, 0.1) is 20.8 Å². The highest BCUT2D eigenvalue weighted by Crippen LogP contribution is 2.34. The van der Waals surface area contributed by atoms with E-state index < -0.39 is 20.0 Å². The number of hydrogen-bond donors (Lipinski definition) is 0. The molecule has 4 rings (SSSR count). The second kappa shape index (κ2) is 10.9. The van der Waals surface area contributed by atoms with Crippen LogP contribution in [0.25, 0.3) is 0 Å². The third kappa shape index (κ3) is 5.51. The number of methoxy groups -OCH3 is 1. The quantitative estimate of drug-likeness (QED) is 0.523. The monoisotopic (exact) mass is 550 g/mol. The van der Waals surface area contributed by atoms with Gasteiger partial charge in [0.2, 0.25) is 20.0 Å². The number of aryl methyl sites for hydroxylation is 3. The van der Waals surface area contributed by atoms with Gasteiger partial charge in [0.15, 0.2) is 0 Å². The van der Waals surface area contributed by atoms with E-state index in [0.717, 1.165) is 36.3 Å². The third-order valence-electron chi connectivity index (χ3n) is 7.35. The number of rotatable bonds is 7. The summed E-state index contributed by atoms with van der Waals surface area (Å²) < 4.78 is 62.4. The molecule has 2 aliphatic heterocycles. The number of piperazine rings is 2. The number of hydrogen-bond acceptors (Lipinski definition) is 7. The van der Waals surface area contributed by atoms with Crippen molar-refractivity contribution < 1.29 is 21.6 Å². The summed E-state index contributed by atoms with van der Waals surface area (Å²) in [6.45, 7) is 12.4. The second-order valence-electron chi connectivity index (χ2n) is 9.79. The topological polar surface area (TPSA) is 90.5 Å². The highest BCUT2D eigenvalue weighted by Gasteiger charge is 2.33. The first kappa shape index (κ1) is 27.8. The zero-order valence-corrected chi connectivity index (χ0v) is 24.0. The van der Waals surface area contributed by atoms with Crippen LogP contribution in [0.5, 0.6) is 5.75 Å². The van der Waals surface area contributed by atoms with Crippen LogP contribution in [0.2, 0.25) is 0 Å². The van der Waals surface area contributed by atoms with Crippen molar-refractivity contribution in [2.45, 2.75) is 37.5 Å². The molecule has 2 aromatic carbocycles. The van der Waals surface area contributed by atoms with Crippen molar-refractivity contribution in [1.82, 2.24) is 13.5 Å². The lowest BCUT2D eigenvalue weighted by molar-refractivity contribution is 0.196. The largest absolute Gasteiger partial charge is 0.495 e. The van der Waals surface area contributed by atoms with Gasteiger partial charge in [0.05, 0.1) is 22.6 Å². The van der Waals surface area contributed by atoms with Crippen molar-refractivity contribution in [2.24, 2.45) is 0 Å². The standard InChI is InChI=1S/C26H38N4O5S2/c1-6-27-9-13-29(14-10-27)36(31,32)23-7-8-25(35-5)24(19-23)28-11-15-30(16-12-28)37(33,34)26-21(3)17-20(2)18-22(26)4/h7-8,17-19H,6,9-16H2,1-5H3. The van der Waals surface area contributed by atoms with Crippen molar-refractivity contribution in [2.75, 3.05) is 70.9 Å². The molecular formula is C26H38N4O5S2. The Balaban J connectivity index is 1.54. The van der Waals surface area contributed by atoms with Gasteiger partial charge >= 0.3 is 0 Å². The van der Waals surface area contributed by atoms with Crippen molar-refractivity contribution >= 4 is 25.7 Å². The van der Waals surface area contributed by atoms with Gasteiger partial charge in [-0.15, -0.1) is 0 Å². The molecule has 204 valence electrons. The summed E-state index contributed by atoms with van der Waals surface area (Å²) in [5.74, 6) is 0.566. The molecule has 0 N–H and O–H groups in total. The Morgan fingerprint density at radius 3 is 1.84 bits per heavy atom. The summed E-state index contributed by atoms with van der Waals surface area (Å²) in [4.78, 5) is 4.85. The molecule has 2 heterocycles. The molecular weight excluding hydrogens is 512 g/mol. The average Bonchev–Trinajstić information content (AvgIpc) is 2.87. The summed E-state index contributed by atoms with van der Waals surface area (Å²) in [6, 6.07) is 8.74. The van der Waals surface area contributed by atoms with Crippen LogP contribution in [0.4, 0.5) is 5.69 Å². The van der Waals surface area contributed by atoms with E-state index in [1.807, 2.05) is 37.8 Å². The molecule has 0 aromatic heterocycles. The molecule has 0 bridgehead atoms. The van der Waals surface area contributed by atoms with Crippen molar-refractivity contribution in [3.05, 3.63) is 47.0 Å². The number of benzene rings is 2. The van der Waals surface area contributed by atoms with E-state index in [9.17, 15) is 16.8 Å². The van der Waals surface area contributed by atoms with Crippen LogP contribution >= 0.6 is 0 Å². The van der Waals surface area contributed by atoms with Crippen LogP contribution in [0.3, 0.4) is 0 Å². The molecule has 0 spiro atoms. The maximum Gasteiger partial charge on any atom is 0.243 e. The van der Waals surface area contributed by atoms with E-state index in [1.54, 1.807) is 29.6 Å². The molecule has 0 atom stereocenters. The molecule has 2 aromatic rings. The lowest BCUT2D eigenvalue weighted by atomic mass is 10.1. The lowest BCUT2D eigenvalue weighted by Crippen LogP contribution is -2.49. The summed E-state index contributed by atoms with van der Waals surface area (Å²) in [7, 11) is -5.73. The first-order chi connectivity index (χ1) is 17.5. The molecule has 2 fully saturated rings. The van der Waals surface area contributed by atoms with Gasteiger partial charge < -0.3 is 14.5 Å². The van der Waals surface area contributed by atoms with Gasteiger partial charge in [0.1, 0.15) is 5.75 Å². The Labute approximate surface area is 221 Å². The Bertz CT molecular complexity index is 1320. The van der Waals surface area contributed by atoms with E-state index in [0.29, 0.717) is 55.6 Å². The zero-order valence-electron chi connectivity index (χ0n) is 22.4. The molecule has 0 amide bonds. The van der Waals surface area contributed by atoms with E-state index in [1.165, 1.54) is 4.31 Å². The van der Waals surface area contributed by atoms with Gasteiger partial charge in [-0.2, -0.15) is 8.61 Å². The third-order valence-corrected chi connectivity index (χ3v) is 11.4. The minimum Gasteiger partial charge on any atom is -0.495 e. The molecule has 0 saturated carbocycles. The Hall–Kier alpha value is -2.18. The van der Waals surface area contributed by atoms with E-state index in [2.05, 4.69) is 11.8 Å².